The van der Waals surface area contributed by atoms with Gasteiger partial charge in [0.1, 0.15) is 16.8 Å². The minimum atomic E-state index is -0.987. The second-order valence-corrected chi connectivity index (χ2v) is 7.41. The smallest absolute Gasteiger partial charge is 0.328 e. The molecule has 1 aromatic heterocycles. The van der Waals surface area contributed by atoms with Crippen LogP contribution < -0.4 is 4.74 Å². The Hall–Kier alpha value is -3.50. The summed E-state index contributed by atoms with van der Waals surface area (Å²) < 4.78 is 10.1. The number of aryl methyl sites for hydroxylation is 1. The highest BCUT2D eigenvalue weighted by atomic mass is 32.1. The van der Waals surface area contributed by atoms with Gasteiger partial charge in [0.15, 0.2) is 5.82 Å². The number of benzene rings is 2. The van der Waals surface area contributed by atoms with E-state index in [-0.39, 0.29) is 6.10 Å². The summed E-state index contributed by atoms with van der Waals surface area (Å²) in [6, 6.07) is 13.2. The lowest BCUT2D eigenvalue weighted by molar-refractivity contribution is -0.131. The van der Waals surface area contributed by atoms with Crippen molar-refractivity contribution in [2.75, 3.05) is 0 Å². The molecule has 146 valence electrons. The fraction of sp³-hybridized carbons (Fsp3) is 0.182. The number of carboxylic acids is 1. The topological polar surface area (TPSA) is 96.1 Å². The highest BCUT2D eigenvalue weighted by Gasteiger charge is 2.13. The van der Waals surface area contributed by atoms with Crippen molar-refractivity contribution < 1.29 is 14.6 Å². The maximum absolute atomic E-state index is 10.7. The Morgan fingerprint density at radius 2 is 2.07 bits per heavy atom. The van der Waals surface area contributed by atoms with Gasteiger partial charge < -0.3 is 9.84 Å². The van der Waals surface area contributed by atoms with E-state index in [4.69, 9.17) is 9.84 Å². The highest BCUT2D eigenvalue weighted by molar-refractivity contribution is 7.09. The Balaban J connectivity index is 1.90. The summed E-state index contributed by atoms with van der Waals surface area (Å²) in [5, 5.41) is 18.9. The summed E-state index contributed by atoms with van der Waals surface area (Å²) in [5.41, 5.74) is 3.88. The highest BCUT2D eigenvalue weighted by Crippen LogP contribution is 2.31. The molecule has 0 bridgehead atoms. The largest absolute Gasteiger partial charge is 0.490 e. The minimum Gasteiger partial charge on any atom is -0.490 e. The summed E-state index contributed by atoms with van der Waals surface area (Å²) in [5.74, 6) is 0.160. The SMILES string of the molecule is Cc1cc(C=CC(=O)O)ccc1-c1nsc(-c2ccc(OC(C)C)c(C#N)c2)n1. The van der Waals surface area contributed by atoms with Crippen molar-refractivity contribution in [3.05, 3.63) is 59.2 Å². The first-order valence-electron chi connectivity index (χ1n) is 8.94. The first-order chi connectivity index (χ1) is 13.9. The second kappa shape index (κ2) is 8.67. The molecule has 7 heteroatoms. The Kier molecular flexibility index (Phi) is 6.05. The quantitative estimate of drug-likeness (QED) is 0.584. The predicted molar refractivity (Wildman–Crippen MR) is 113 cm³/mol. The van der Waals surface area contributed by atoms with Gasteiger partial charge in [-0.1, -0.05) is 18.2 Å². The third kappa shape index (κ3) is 4.86. The Labute approximate surface area is 172 Å². The third-order valence-corrected chi connectivity index (χ3v) is 4.81. The van der Waals surface area contributed by atoms with Gasteiger partial charge in [-0.15, -0.1) is 0 Å². The number of carbonyl (C=O) groups is 1. The van der Waals surface area contributed by atoms with Crippen LogP contribution in [0.4, 0.5) is 0 Å². The summed E-state index contributed by atoms with van der Waals surface area (Å²) in [7, 11) is 0. The van der Waals surface area contributed by atoms with E-state index in [0.717, 1.165) is 28.3 Å². The van der Waals surface area contributed by atoms with Crippen LogP contribution >= 0.6 is 11.5 Å². The molecule has 3 rings (SSSR count). The van der Waals surface area contributed by atoms with Crippen LogP contribution in [0.1, 0.15) is 30.5 Å². The summed E-state index contributed by atoms with van der Waals surface area (Å²) >= 11 is 1.26. The van der Waals surface area contributed by atoms with Gasteiger partial charge in [-0.25, -0.2) is 9.78 Å². The molecule has 0 aliphatic rings. The summed E-state index contributed by atoms with van der Waals surface area (Å²) in [4.78, 5) is 15.3. The van der Waals surface area contributed by atoms with Gasteiger partial charge in [0.25, 0.3) is 0 Å². The van der Waals surface area contributed by atoms with E-state index in [1.807, 2.05) is 45.0 Å². The zero-order chi connectivity index (χ0) is 21.0. The Bertz CT molecular complexity index is 1130. The molecule has 6 nitrogen and oxygen atoms in total. The molecule has 1 N–H and O–H groups in total. The van der Waals surface area contributed by atoms with Crippen molar-refractivity contribution in [2.24, 2.45) is 0 Å². The number of hydrogen-bond acceptors (Lipinski definition) is 6. The molecule has 0 unspecified atom stereocenters. The van der Waals surface area contributed by atoms with Crippen molar-refractivity contribution in [1.82, 2.24) is 9.36 Å². The van der Waals surface area contributed by atoms with Crippen LogP contribution in [-0.4, -0.2) is 26.5 Å². The first kappa shape index (κ1) is 20.2. The van der Waals surface area contributed by atoms with E-state index in [2.05, 4.69) is 15.4 Å². The maximum atomic E-state index is 10.7. The average molecular weight is 405 g/mol. The van der Waals surface area contributed by atoms with Gasteiger partial charge in [-0.2, -0.15) is 9.64 Å². The van der Waals surface area contributed by atoms with Crippen LogP contribution in [0, 0.1) is 18.3 Å². The molecule has 29 heavy (non-hydrogen) atoms. The van der Waals surface area contributed by atoms with Crippen LogP contribution in [0.5, 0.6) is 5.75 Å². The molecule has 3 aromatic rings. The van der Waals surface area contributed by atoms with E-state index < -0.39 is 5.97 Å². The second-order valence-electron chi connectivity index (χ2n) is 6.66. The zero-order valence-electron chi connectivity index (χ0n) is 16.2. The van der Waals surface area contributed by atoms with E-state index in [1.54, 1.807) is 18.2 Å². The van der Waals surface area contributed by atoms with Crippen molar-refractivity contribution in [1.29, 1.82) is 5.26 Å². The minimum absolute atomic E-state index is 0.0163. The first-order valence-corrected chi connectivity index (χ1v) is 9.71. The molecule has 1 heterocycles. The standard InChI is InChI=1S/C22H19N3O3S/c1-13(2)28-19-8-6-16(11-17(19)12-23)22-24-21(25-29-22)18-7-4-15(10-14(18)3)5-9-20(26)27/h4-11,13H,1-3H3,(H,26,27). The molecule has 0 saturated heterocycles. The van der Waals surface area contributed by atoms with Gasteiger partial charge >= 0.3 is 5.97 Å². The van der Waals surface area contributed by atoms with Crippen LogP contribution in [0.15, 0.2) is 42.5 Å². The van der Waals surface area contributed by atoms with Gasteiger partial charge in [-0.05, 0) is 67.7 Å². The van der Waals surface area contributed by atoms with Crippen molar-refractivity contribution >= 4 is 23.6 Å². The normalized spacial score (nSPS) is 11.0. The fourth-order valence-electron chi connectivity index (χ4n) is 2.77. The number of rotatable bonds is 6. The molecule has 0 amide bonds. The lowest BCUT2D eigenvalue weighted by Crippen LogP contribution is -2.06. The molecule has 2 aromatic carbocycles. The number of nitrogens with zero attached hydrogens (tertiary/aromatic N) is 3. The van der Waals surface area contributed by atoms with Gasteiger partial charge in [-0.3, -0.25) is 0 Å². The van der Waals surface area contributed by atoms with E-state index >= 15 is 0 Å². The van der Waals surface area contributed by atoms with Gasteiger partial charge in [0, 0.05) is 17.2 Å². The third-order valence-electron chi connectivity index (χ3n) is 4.05. The number of nitriles is 1. The number of carboxylic acid groups (broad SMARTS) is 1. The number of ether oxygens (including phenoxy) is 1. The predicted octanol–water partition coefficient (Wildman–Crippen LogP) is 4.94. The van der Waals surface area contributed by atoms with Gasteiger partial charge in [0.2, 0.25) is 0 Å². The van der Waals surface area contributed by atoms with E-state index in [0.29, 0.717) is 22.1 Å². The number of aromatic nitrogens is 2. The van der Waals surface area contributed by atoms with E-state index in [9.17, 15) is 10.1 Å². The van der Waals surface area contributed by atoms with Crippen LogP contribution in [-0.2, 0) is 4.79 Å². The number of hydrogen-bond donors (Lipinski definition) is 1. The van der Waals surface area contributed by atoms with Crippen molar-refractivity contribution in [2.45, 2.75) is 26.9 Å². The molecule has 0 atom stereocenters. The summed E-state index contributed by atoms with van der Waals surface area (Å²) in [6.45, 7) is 5.76. The molecule has 0 aliphatic carbocycles. The van der Waals surface area contributed by atoms with Crippen molar-refractivity contribution in [3.8, 4) is 33.8 Å². The maximum Gasteiger partial charge on any atom is 0.328 e. The Morgan fingerprint density at radius 1 is 1.28 bits per heavy atom. The van der Waals surface area contributed by atoms with E-state index in [1.165, 1.54) is 11.5 Å². The molecule has 0 spiro atoms. The lowest BCUT2D eigenvalue weighted by Gasteiger charge is -2.11. The van der Waals surface area contributed by atoms with Crippen molar-refractivity contribution in [3.63, 3.8) is 0 Å². The van der Waals surface area contributed by atoms with Crippen LogP contribution in [0.3, 0.4) is 0 Å². The number of aliphatic carboxylic acids is 1. The molecular formula is C22H19N3O3S. The van der Waals surface area contributed by atoms with Crippen LogP contribution in [0.25, 0.3) is 28.0 Å². The fourth-order valence-corrected chi connectivity index (χ4v) is 3.44. The summed E-state index contributed by atoms with van der Waals surface area (Å²) in [6.07, 6.45) is 2.63. The molecule has 0 saturated carbocycles. The molecule has 0 radical (unpaired) electrons. The Morgan fingerprint density at radius 3 is 2.72 bits per heavy atom. The molecular weight excluding hydrogens is 386 g/mol. The molecule has 0 fully saturated rings. The van der Waals surface area contributed by atoms with Gasteiger partial charge in [0.05, 0.1) is 11.7 Å². The zero-order valence-corrected chi connectivity index (χ0v) is 17.0. The lowest BCUT2D eigenvalue weighted by atomic mass is 10.0. The monoisotopic (exact) mass is 405 g/mol. The molecule has 0 aliphatic heterocycles. The average Bonchev–Trinajstić information content (AvgIpc) is 3.16. The van der Waals surface area contributed by atoms with Crippen LogP contribution in [0.2, 0.25) is 0 Å².